The molecule has 0 heterocycles. The van der Waals surface area contributed by atoms with Crippen molar-refractivity contribution in [2.45, 2.75) is 26.4 Å². The summed E-state index contributed by atoms with van der Waals surface area (Å²) >= 11 is 3.52. The van der Waals surface area contributed by atoms with Crippen molar-refractivity contribution in [3.8, 4) is 11.5 Å². The number of hydrogen-bond acceptors (Lipinski definition) is 5. The summed E-state index contributed by atoms with van der Waals surface area (Å²) in [6, 6.07) is 11.8. The van der Waals surface area contributed by atoms with Crippen LogP contribution in [0.4, 0.5) is 0 Å². The van der Waals surface area contributed by atoms with Crippen molar-refractivity contribution in [1.29, 1.82) is 0 Å². The summed E-state index contributed by atoms with van der Waals surface area (Å²) in [5.41, 5.74) is 3.04. The van der Waals surface area contributed by atoms with Crippen LogP contribution >= 0.6 is 15.9 Å². The van der Waals surface area contributed by atoms with E-state index >= 15 is 0 Å². The summed E-state index contributed by atoms with van der Waals surface area (Å²) in [6.45, 7) is 2.86. The number of methoxy groups -OCH3 is 2. The normalized spacial score (nSPS) is 10.7. The van der Waals surface area contributed by atoms with E-state index in [-0.39, 0.29) is 18.3 Å². The van der Waals surface area contributed by atoms with Crippen LogP contribution in [0.25, 0.3) is 6.08 Å². The zero-order valence-corrected chi connectivity index (χ0v) is 19.0. The van der Waals surface area contributed by atoms with Crippen molar-refractivity contribution in [1.82, 2.24) is 5.32 Å². The third-order valence-corrected chi connectivity index (χ3v) is 4.86. The molecule has 0 aliphatic carbocycles. The van der Waals surface area contributed by atoms with Gasteiger partial charge in [-0.05, 0) is 58.6 Å². The van der Waals surface area contributed by atoms with Gasteiger partial charge in [0.05, 0.1) is 18.7 Å². The zero-order chi connectivity index (χ0) is 21.9. The van der Waals surface area contributed by atoms with Gasteiger partial charge in [0.15, 0.2) is 11.5 Å². The van der Waals surface area contributed by atoms with Gasteiger partial charge in [-0.2, -0.15) is 0 Å². The van der Waals surface area contributed by atoms with E-state index in [9.17, 15) is 9.59 Å². The fraction of sp³-hybridized carbons (Fsp3) is 0.304. The Morgan fingerprint density at radius 1 is 1.13 bits per heavy atom. The maximum atomic E-state index is 11.9. The molecule has 0 bridgehead atoms. The second-order valence-electron chi connectivity index (χ2n) is 6.61. The van der Waals surface area contributed by atoms with Gasteiger partial charge in [-0.1, -0.05) is 29.8 Å². The average Bonchev–Trinajstić information content (AvgIpc) is 2.75. The van der Waals surface area contributed by atoms with Crippen LogP contribution in [0, 0.1) is 6.92 Å². The molecular weight excluding hydrogens is 450 g/mol. The van der Waals surface area contributed by atoms with Crippen molar-refractivity contribution in [2.24, 2.45) is 0 Å². The van der Waals surface area contributed by atoms with Crippen molar-refractivity contribution >= 4 is 33.9 Å². The first kappa shape index (κ1) is 23.5. The fourth-order valence-corrected chi connectivity index (χ4v) is 3.17. The summed E-state index contributed by atoms with van der Waals surface area (Å²) in [4.78, 5) is 23.0. The number of hydrogen-bond donors (Lipinski definition) is 1. The first-order valence-corrected chi connectivity index (χ1v) is 10.3. The van der Waals surface area contributed by atoms with Crippen molar-refractivity contribution in [3.05, 3.63) is 63.6 Å². The highest BCUT2D eigenvalue weighted by molar-refractivity contribution is 9.10. The molecule has 0 saturated carbocycles. The summed E-state index contributed by atoms with van der Waals surface area (Å²) < 4.78 is 16.7. The van der Waals surface area contributed by atoms with E-state index in [1.54, 1.807) is 19.3 Å². The molecule has 2 rings (SSSR count). The highest BCUT2D eigenvalue weighted by atomic mass is 79.9. The van der Waals surface area contributed by atoms with Gasteiger partial charge in [-0.25, -0.2) is 0 Å². The van der Waals surface area contributed by atoms with Gasteiger partial charge in [0.25, 0.3) is 0 Å². The number of rotatable bonds is 10. The van der Waals surface area contributed by atoms with Gasteiger partial charge >= 0.3 is 5.97 Å². The molecule has 2 aromatic carbocycles. The minimum absolute atomic E-state index is 0.241. The lowest BCUT2D eigenvalue weighted by Gasteiger charge is -2.14. The fourth-order valence-electron chi connectivity index (χ4n) is 2.59. The molecule has 0 radical (unpaired) electrons. The van der Waals surface area contributed by atoms with E-state index in [1.165, 1.54) is 18.7 Å². The molecule has 0 aliphatic heterocycles. The van der Waals surface area contributed by atoms with Gasteiger partial charge in [-0.15, -0.1) is 0 Å². The molecule has 160 valence electrons. The number of nitrogens with one attached hydrogen (secondary N) is 1. The molecule has 0 aliphatic rings. The van der Waals surface area contributed by atoms with E-state index in [0.29, 0.717) is 31.1 Å². The van der Waals surface area contributed by atoms with Crippen LogP contribution in [-0.4, -0.2) is 32.6 Å². The standard InChI is InChI=1S/C23H26BrNO5/c1-16-6-8-17(9-7-16)15-30-23-19(24)13-18(14-20(23)28-2)10-11-21(26)25-12-4-5-22(27)29-3/h6-11,13-14H,4-5,12,15H2,1-3H3,(H,25,26)/b11-10+. The molecule has 30 heavy (non-hydrogen) atoms. The molecule has 2 aromatic rings. The minimum atomic E-state index is -0.290. The third-order valence-electron chi connectivity index (χ3n) is 4.27. The Bertz CT molecular complexity index is 893. The summed E-state index contributed by atoms with van der Waals surface area (Å²) in [5, 5.41) is 2.73. The maximum Gasteiger partial charge on any atom is 0.305 e. The van der Waals surface area contributed by atoms with Crippen LogP contribution < -0.4 is 14.8 Å². The Kier molecular flexibility index (Phi) is 9.41. The number of esters is 1. The zero-order valence-electron chi connectivity index (χ0n) is 17.4. The van der Waals surface area contributed by atoms with E-state index in [2.05, 4.69) is 26.0 Å². The molecule has 0 fully saturated rings. The maximum absolute atomic E-state index is 11.9. The smallest absolute Gasteiger partial charge is 0.305 e. The average molecular weight is 476 g/mol. The molecule has 0 aromatic heterocycles. The number of carbonyl (C=O) groups excluding carboxylic acids is 2. The Morgan fingerprint density at radius 2 is 1.87 bits per heavy atom. The Balaban J connectivity index is 1.96. The predicted molar refractivity (Wildman–Crippen MR) is 119 cm³/mol. The first-order valence-electron chi connectivity index (χ1n) is 9.51. The lowest BCUT2D eigenvalue weighted by atomic mass is 10.1. The molecular formula is C23H26BrNO5. The predicted octanol–water partition coefficient (Wildman–Crippen LogP) is 4.43. The van der Waals surface area contributed by atoms with Crippen LogP contribution in [0.15, 0.2) is 46.9 Å². The summed E-state index contributed by atoms with van der Waals surface area (Å²) in [7, 11) is 2.91. The summed E-state index contributed by atoms with van der Waals surface area (Å²) in [5.74, 6) is 0.633. The monoisotopic (exact) mass is 475 g/mol. The van der Waals surface area contributed by atoms with Crippen LogP contribution in [0.3, 0.4) is 0 Å². The number of carbonyl (C=O) groups is 2. The second kappa shape index (κ2) is 12.0. The second-order valence-corrected chi connectivity index (χ2v) is 7.47. The van der Waals surface area contributed by atoms with Crippen LogP contribution in [0.5, 0.6) is 11.5 Å². The van der Waals surface area contributed by atoms with Crippen LogP contribution in [0.2, 0.25) is 0 Å². The topological polar surface area (TPSA) is 73.9 Å². The quantitative estimate of drug-likeness (QED) is 0.312. The highest BCUT2D eigenvalue weighted by Crippen LogP contribution is 2.37. The number of amides is 1. The SMILES string of the molecule is COC(=O)CCCNC(=O)/C=C/c1cc(Br)c(OCc2ccc(C)cc2)c(OC)c1. The first-order chi connectivity index (χ1) is 14.4. The molecule has 0 spiro atoms. The number of halogens is 1. The van der Waals surface area contributed by atoms with E-state index in [4.69, 9.17) is 9.47 Å². The van der Waals surface area contributed by atoms with Crippen molar-refractivity contribution < 1.29 is 23.8 Å². The number of ether oxygens (including phenoxy) is 3. The van der Waals surface area contributed by atoms with E-state index in [0.717, 1.165) is 15.6 Å². The minimum Gasteiger partial charge on any atom is -0.493 e. The van der Waals surface area contributed by atoms with E-state index in [1.807, 2.05) is 37.3 Å². The Hall–Kier alpha value is -2.80. The Labute approximate surface area is 185 Å². The molecule has 1 amide bonds. The van der Waals surface area contributed by atoms with Crippen molar-refractivity contribution in [3.63, 3.8) is 0 Å². The van der Waals surface area contributed by atoms with Gasteiger partial charge in [0.2, 0.25) is 5.91 Å². The Morgan fingerprint density at radius 3 is 2.53 bits per heavy atom. The lowest BCUT2D eigenvalue weighted by Crippen LogP contribution is -2.22. The molecule has 7 heteroatoms. The largest absolute Gasteiger partial charge is 0.493 e. The van der Waals surface area contributed by atoms with Crippen molar-refractivity contribution in [2.75, 3.05) is 20.8 Å². The van der Waals surface area contributed by atoms with E-state index < -0.39 is 0 Å². The third kappa shape index (κ3) is 7.55. The van der Waals surface area contributed by atoms with Gasteiger partial charge in [0, 0.05) is 19.0 Å². The molecule has 0 unspecified atom stereocenters. The van der Waals surface area contributed by atoms with Crippen LogP contribution in [-0.2, 0) is 20.9 Å². The molecule has 0 atom stereocenters. The highest BCUT2D eigenvalue weighted by Gasteiger charge is 2.11. The van der Waals surface area contributed by atoms with Gasteiger partial charge in [0.1, 0.15) is 6.61 Å². The molecule has 1 N–H and O–H groups in total. The van der Waals surface area contributed by atoms with Gasteiger partial charge in [-0.3, -0.25) is 9.59 Å². The number of aryl methyl sites for hydroxylation is 1. The van der Waals surface area contributed by atoms with Gasteiger partial charge < -0.3 is 19.5 Å². The molecule has 0 saturated heterocycles. The van der Waals surface area contributed by atoms with Crippen LogP contribution in [0.1, 0.15) is 29.5 Å². The number of benzene rings is 2. The molecule has 6 nitrogen and oxygen atoms in total. The summed E-state index contributed by atoms with van der Waals surface area (Å²) in [6.07, 6.45) is 3.92. The lowest BCUT2D eigenvalue weighted by molar-refractivity contribution is -0.140.